The van der Waals surface area contributed by atoms with Gasteiger partial charge in [0.25, 0.3) is 0 Å². The number of pyridine rings is 1. The molecule has 0 amide bonds. The third kappa shape index (κ3) is 6.68. The summed E-state index contributed by atoms with van der Waals surface area (Å²) in [5.74, 6) is -0.505. The molecule has 7 nitrogen and oxygen atoms in total. The van der Waals surface area contributed by atoms with Gasteiger partial charge in [0.15, 0.2) is 0 Å². The van der Waals surface area contributed by atoms with E-state index in [9.17, 15) is 14.3 Å². The van der Waals surface area contributed by atoms with Gasteiger partial charge in [0.1, 0.15) is 11.6 Å². The maximum absolute atomic E-state index is 13.2. The van der Waals surface area contributed by atoms with E-state index in [1.807, 2.05) is 31.2 Å². The molecule has 0 bridgehead atoms. The number of rotatable bonds is 10. The number of aliphatic carboxylic acids is 1. The molecule has 1 aliphatic heterocycles. The van der Waals surface area contributed by atoms with Gasteiger partial charge in [-0.05, 0) is 60.6 Å². The number of allylic oxidation sites excluding steroid dienone is 1. The van der Waals surface area contributed by atoms with Crippen LogP contribution in [0.15, 0.2) is 54.7 Å². The summed E-state index contributed by atoms with van der Waals surface area (Å²) in [6.07, 6.45) is 4.98. The quantitative estimate of drug-likeness (QED) is 0.269. The summed E-state index contributed by atoms with van der Waals surface area (Å²) in [6.45, 7) is 8.34. The van der Waals surface area contributed by atoms with Gasteiger partial charge in [-0.2, -0.15) is 0 Å². The Kier molecular flexibility index (Phi) is 8.87. The molecule has 2 aromatic carbocycles. The number of nitrogens with zero attached hydrogens (tertiary/aromatic N) is 2. The second-order valence-corrected chi connectivity index (χ2v) is 11.0. The van der Waals surface area contributed by atoms with Crippen LogP contribution in [-0.2, 0) is 17.6 Å². The highest BCUT2D eigenvalue weighted by Crippen LogP contribution is 2.43. The predicted molar refractivity (Wildman–Crippen MR) is 158 cm³/mol. The summed E-state index contributed by atoms with van der Waals surface area (Å²) in [6, 6.07) is 14.0. The van der Waals surface area contributed by atoms with E-state index in [-0.39, 0.29) is 17.7 Å². The molecule has 4 N–H and O–H groups in total. The van der Waals surface area contributed by atoms with Crippen molar-refractivity contribution in [2.75, 3.05) is 24.6 Å². The average Bonchev–Trinajstić information content (AvgIpc) is 2.92. The fraction of sp³-hybridized carbons (Fsp3) is 0.344. The second kappa shape index (κ2) is 12.3. The van der Waals surface area contributed by atoms with Crippen molar-refractivity contribution in [2.24, 2.45) is 11.1 Å². The number of halogens is 1. The molecule has 0 saturated carbocycles. The molecule has 1 fully saturated rings. The van der Waals surface area contributed by atoms with Crippen LogP contribution in [0.3, 0.4) is 0 Å². The van der Waals surface area contributed by atoms with E-state index >= 15 is 0 Å². The molecule has 3 aromatic rings. The van der Waals surface area contributed by atoms with Crippen LogP contribution >= 0.6 is 0 Å². The number of hydrogen-bond donors (Lipinski definition) is 3. The number of anilines is 1. The minimum atomic E-state index is -0.922. The van der Waals surface area contributed by atoms with Gasteiger partial charge in [-0.3, -0.25) is 9.78 Å². The summed E-state index contributed by atoms with van der Waals surface area (Å²) in [5, 5.41) is 17.8. The number of aromatic nitrogens is 1. The zero-order chi connectivity index (χ0) is 28.9. The van der Waals surface area contributed by atoms with Crippen LogP contribution in [0.4, 0.5) is 10.1 Å². The van der Waals surface area contributed by atoms with E-state index in [4.69, 9.17) is 20.9 Å². The van der Waals surface area contributed by atoms with E-state index in [0.717, 1.165) is 48.3 Å². The summed E-state index contributed by atoms with van der Waals surface area (Å²) in [5.41, 5.74) is 11.9. The van der Waals surface area contributed by atoms with Crippen molar-refractivity contribution in [2.45, 2.75) is 46.5 Å². The highest BCUT2D eigenvalue weighted by atomic mass is 19.1. The Labute approximate surface area is 235 Å². The summed E-state index contributed by atoms with van der Waals surface area (Å²) in [4.78, 5) is 19.0. The molecule has 0 unspecified atom stereocenters. The Morgan fingerprint density at radius 2 is 1.80 bits per heavy atom. The summed E-state index contributed by atoms with van der Waals surface area (Å²) < 4.78 is 19.1. The molecule has 1 saturated heterocycles. The Morgan fingerprint density at radius 1 is 1.15 bits per heavy atom. The highest BCUT2D eigenvalue weighted by Gasteiger charge is 2.31. The zero-order valence-corrected chi connectivity index (χ0v) is 23.3. The smallest absolute Gasteiger partial charge is 0.307 e. The third-order valence-electron chi connectivity index (χ3n) is 7.56. The van der Waals surface area contributed by atoms with Crippen LogP contribution in [0.25, 0.3) is 16.7 Å². The summed E-state index contributed by atoms with van der Waals surface area (Å²) in [7, 11) is 0. The van der Waals surface area contributed by atoms with Crippen molar-refractivity contribution in [1.82, 2.24) is 4.98 Å². The second-order valence-electron chi connectivity index (χ2n) is 11.0. The van der Waals surface area contributed by atoms with Gasteiger partial charge in [-0.1, -0.05) is 38.1 Å². The predicted octanol–water partition coefficient (Wildman–Crippen LogP) is 6.02. The van der Waals surface area contributed by atoms with Gasteiger partial charge in [0.2, 0.25) is 0 Å². The molecular weight excluding hydrogens is 507 g/mol. The standard InChI is InChI=1S/C32H37FN4O3/c1-21-27(18-28(38)39)31(37-15-13-32(2,3)14-16-37)29(30(36-21)24(19-34)20-35)23-6-10-26(11-7-23)40-17-12-22-4-8-25(33)9-5-22/h4-11,19-20,34H,12-18,35H2,1-3H3,(H,38,39). The number of benzene rings is 2. The number of hydrogen-bond acceptors (Lipinski definition) is 6. The topological polar surface area (TPSA) is 113 Å². The number of nitrogens with one attached hydrogen (secondary N) is 1. The Bertz CT molecular complexity index is 1390. The van der Waals surface area contributed by atoms with Crippen LogP contribution in [0.2, 0.25) is 0 Å². The van der Waals surface area contributed by atoms with Crippen molar-refractivity contribution in [3.8, 4) is 16.9 Å². The molecule has 210 valence electrons. The minimum Gasteiger partial charge on any atom is -0.493 e. The molecule has 0 spiro atoms. The first-order valence-electron chi connectivity index (χ1n) is 13.5. The molecule has 8 heteroatoms. The van der Waals surface area contributed by atoms with E-state index < -0.39 is 5.97 Å². The highest BCUT2D eigenvalue weighted by molar-refractivity contribution is 6.11. The fourth-order valence-corrected chi connectivity index (χ4v) is 5.11. The molecule has 0 radical (unpaired) electrons. The third-order valence-corrected chi connectivity index (χ3v) is 7.56. The van der Waals surface area contributed by atoms with Crippen LogP contribution < -0.4 is 15.4 Å². The van der Waals surface area contributed by atoms with Crippen molar-refractivity contribution >= 4 is 23.4 Å². The van der Waals surface area contributed by atoms with Gasteiger partial charge < -0.3 is 25.9 Å². The summed E-state index contributed by atoms with van der Waals surface area (Å²) >= 11 is 0. The Hall–Kier alpha value is -4.20. The fourth-order valence-electron chi connectivity index (χ4n) is 5.11. The van der Waals surface area contributed by atoms with Gasteiger partial charge in [0.05, 0.1) is 24.4 Å². The van der Waals surface area contributed by atoms with Crippen molar-refractivity contribution in [3.63, 3.8) is 0 Å². The zero-order valence-electron chi connectivity index (χ0n) is 23.3. The monoisotopic (exact) mass is 544 g/mol. The molecule has 4 rings (SSSR count). The largest absolute Gasteiger partial charge is 0.493 e. The molecule has 1 aliphatic rings. The maximum Gasteiger partial charge on any atom is 0.307 e. The normalized spacial score (nSPS) is 15.1. The Morgan fingerprint density at radius 3 is 2.38 bits per heavy atom. The Balaban J connectivity index is 1.74. The molecule has 2 heterocycles. The number of nitrogens with two attached hydrogens (primary N) is 1. The van der Waals surface area contributed by atoms with Gasteiger partial charge in [0, 0.05) is 54.3 Å². The van der Waals surface area contributed by atoms with Crippen LogP contribution in [-0.4, -0.2) is 42.0 Å². The molecular formula is C32H37FN4O3. The number of piperidine rings is 1. The van der Waals surface area contributed by atoms with Gasteiger partial charge >= 0.3 is 5.97 Å². The van der Waals surface area contributed by atoms with Crippen molar-refractivity contribution in [3.05, 3.63) is 83.1 Å². The van der Waals surface area contributed by atoms with E-state index in [0.29, 0.717) is 41.3 Å². The lowest BCUT2D eigenvalue weighted by molar-refractivity contribution is -0.136. The lowest BCUT2D eigenvalue weighted by atomic mass is 9.81. The van der Waals surface area contributed by atoms with Crippen LogP contribution in [0.1, 0.15) is 49.2 Å². The number of carboxylic acid groups (broad SMARTS) is 1. The molecule has 0 atom stereocenters. The minimum absolute atomic E-state index is 0.155. The number of carboxylic acids is 1. The molecule has 1 aromatic heterocycles. The lowest BCUT2D eigenvalue weighted by Gasteiger charge is -2.40. The number of ether oxygens (including phenoxy) is 1. The van der Waals surface area contributed by atoms with Crippen LogP contribution in [0.5, 0.6) is 5.75 Å². The average molecular weight is 545 g/mol. The van der Waals surface area contributed by atoms with E-state index in [1.165, 1.54) is 24.5 Å². The first-order valence-corrected chi connectivity index (χ1v) is 13.5. The maximum atomic E-state index is 13.2. The SMILES string of the molecule is Cc1nc(C(C=N)=CN)c(-c2ccc(OCCc3ccc(F)cc3)cc2)c(N2CCC(C)(C)CC2)c1CC(=O)O. The molecule has 0 aliphatic carbocycles. The molecule has 40 heavy (non-hydrogen) atoms. The first-order chi connectivity index (χ1) is 19.1. The van der Waals surface area contributed by atoms with Crippen molar-refractivity contribution in [1.29, 1.82) is 5.41 Å². The van der Waals surface area contributed by atoms with Crippen molar-refractivity contribution < 1.29 is 19.0 Å². The first kappa shape index (κ1) is 28.8. The number of carbonyl (C=O) groups is 1. The van der Waals surface area contributed by atoms with Gasteiger partial charge in [-0.25, -0.2) is 4.39 Å². The van der Waals surface area contributed by atoms with E-state index in [1.54, 1.807) is 12.1 Å². The lowest BCUT2D eigenvalue weighted by Crippen LogP contribution is -2.38. The van der Waals surface area contributed by atoms with Crippen LogP contribution in [0, 0.1) is 23.6 Å². The van der Waals surface area contributed by atoms with E-state index in [2.05, 4.69) is 18.7 Å². The van der Waals surface area contributed by atoms with Gasteiger partial charge in [-0.15, -0.1) is 0 Å². The number of aryl methyl sites for hydroxylation is 1.